The van der Waals surface area contributed by atoms with E-state index in [0.29, 0.717) is 18.8 Å². The molecular weight excluding hydrogens is 402 g/mol. The van der Waals surface area contributed by atoms with Crippen LogP contribution in [-0.2, 0) is 21.4 Å². The maximum atomic E-state index is 12.7. The second-order valence-electron chi connectivity index (χ2n) is 7.04. The van der Waals surface area contributed by atoms with Crippen molar-refractivity contribution in [3.05, 3.63) is 60.2 Å². The molecule has 0 unspecified atom stereocenters. The highest BCUT2D eigenvalue weighted by Gasteiger charge is 2.26. The number of anilines is 1. The molecule has 2 aromatic carbocycles. The number of para-hydroxylation sites is 2. The number of carbonyl (C=O) groups excluding carboxylic acids is 1. The van der Waals surface area contributed by atoms with Gasteiger partial charge >= 0.3 is 10.2 Å². The van der Waals surface area contributed by atoms with Crippen molar-refractivity contribution >= 4 is 21.8 Å². The Kier molecular flexibility index (Phi) is 9.14. The van der Waals surface area contributed by atoms with Crippen LogP contribution in [0, 0.1) is 0 Å². The minimum absolute atomic E-state index is 0.277. The van der Waals surface area contributed by atoms with Crippen LogP contribution < -0.4 is 14.4 Å². The lowest BCUT2D eigenvalue weighted by Crippen LogP contribution is -2.46. The molecule has 0 saturated carbocycles. The fourth-order valence-corrected chi connectivity index (χ4v) is 3.92. The molecule has 0 heterocycles. The molecule has 0 aliphatic heterocycles. The van der Waals surface area contributed by atoms with Crippen molar-refractivity contribution in [2.45, 2.75) is 26.2 Å². The molecule has 7 nitrogen and oxygen atoms in total. The number of hydrogen-bond donors (Lipinski definition) is 1. The van der Waals surface area contributed by atoms with E-state index in [2.05, 4.69) is 12.2 Å². The van der Waals surface area contributed by atoms with Crippen molar-refractivity contribution < 1.29 is 17.9 Å². The van der Waals surface area contributed by atoms with Gasteiger partial charge in [0.2, 0.25) is 5.91 Å². The molecule has 2 aromatic rings. The van der Waals surface area contributed by atoms with E-state index in [0.717, 1.165) is 39.2 Å². The maximum Gasteiger partial charge on any atom is 0.304 e. The summed E-state index contributed by atoms with van der Waals surface area (Å²) in [6.45, 7) is 2.91. The maximum absolute atomic E-state index is 12.7. The summed E-state index contributed by atoms with van der Waals surface area (Å²) in [4.78, 5) is 12.5. The number of benzene rings is 2. The van der Waals surface area contributed by atoms with Crippen LogP contribution in [0.15, 0.2) is 54.6 Å². The Labute approximate surface area is 179 Å². The molecule has 30 heavy (non-hydrogen) atoms. The zero-order valence-corrected chi connectivity index (χ0v) is 18.7. The smallest absolute Gasteiger partial charge is 0.304 e. The van der Waals surface area contributed by atoms with Gasteiger partial charge in [0.15, 0.2) is 0 Å². The summed E-state index contributed by atoms with van der Waals surface area (Å²) < 4.78 is 33.3. The van der Waals surface area contributed by atoms with E-state index in [9.17, 15) is 13.2 Å². The zero-order valence-electron chi connectivity index (χ0n) is 17.9. The van der Waals surface area contributed by atoms with Gasteiger partial charge in [-0.3, -0.25) is 4.79 Å². The van der Waals surface area contributed by atoms with E-state index in [1.807, 2.05) is 24.3 Å². The number of hydrogen-bond acceptors (Lipinski definition) is 4. The van der Waals surface area contributed by atoms with E-state index in [1.54, 1.807) is 30.3 Å². The fourth-order valence-electron chi connectivity index (χ4n) is 2.85. The topological polar surface area (TPSA) is 79.0 Å². The Morgan fingerprint density at radius 3 is 2.37 bits per heavy atom. The Hall–Kier alpha value is -2.58. The van der Waals surface area contributed by atoms with Crippen molar-refractivity contribution in [3.63, 3.8) is 0 Å². The second kappa shape index (κ2) is 11.6. The van der Waals surface area contributed by atoms with Crippen LogP contribution in [0.2, 0.25) is 0 Å². The predicted molar refractivity (Wildman–Crippen MR) is 120 cm³/mol. The highest BCUT2D eigenvalue weighted by Crippen LogP contribution is 2.20. The monoisotopic (exact) mass is 433 g/mol. The Bertz CT molecular complexity index is 902. The average Bonchev–Trinajstić information content (AvgIpc) is 2.74. The number of rotatable bonds is 12. The summed E-state index contributed by atoms with van der Waals surface area (Å²) in [6, 6.07) is 16.5. The zero-order chi connectivity index (χ0) is 22.0. The lowest BCUT2D eigenvalue weighted by molar-refractivity contribution is -0.119. The third-order valence-corrected chi connectivity index (χ3v) is 6.27. The number of aryl methyl sites for hydroxylation is 1. The first-order valence-electron chi connectivity index (χ1n) is 10.1. The average molecular weight is 434 g/mol. The van der Waals surface area contributed by atoms with Crippen molar-refractivity contribution in [2.75, 3.05) is 38.1 Å². The molecule has 0 bridgehead atoms. The van der Waals surface area contributed by atoms with Gasteiger partial charge in [0.1, 0.15) is 12.3 Å². The molecule has 0 aromatic heterocycles. The Balaban J connectivity index is 1.93. The van der Waals surface area contributed by atoms with E-state index in [1.165, 1.54) is 14.1 Å². The number of amides is 1. The van der Waals surface area contributed by atoms with Crippen molar-refractivity contribution in [1.82, 2.24) is 9.62 Å². The number of ether oxygens (including phenoxy) is 1. The highest BCUT2D eigenvalue weighted by atomic mass is 32.2. The van der Waals surface area contributed by atoms with Crippen LogP contribution in [0.1, 0.15) is 25.3 Å². The molecule has 2 rings (SSSR count). The van der Waals surface area contributed by atoms with Gasteiger partial charge in [-0.2, -0.15) is 12.7 Å². The Morgan fingerprint density at radius 1 is 1.03 bits per heavy atom. The summed E-state index contributed by atoms with van der Waals surface area (Å²) >= 11 is 0. The molecule has 164 valence electrons. The molecule has 0 aliphatic rings. The number of carbonyl (C=O) groups is 1. The largest absolute Gasteiger partial charge is 0.493 e. The van der Waals surface area contributed by atoms with Crippen LogP contribution in [0.5, 0.6) is 5.75 Å². The second-order valence-corrected chi connectivity index (χ2v) is 9.11. The van der Waals surface area contributed by atoms with E-state index < -0.39 is 10.2 Å². The molecule has 0 saturated heterocycles. The van der Waals surface area contributed by atoms with E-state index in [4.69, 9.17) is 4.74 Å². The summed E-state index contributed by atoms with van der Waals surface area (Å²) in [6.07, 6.45) is 2.43. The molecule has 0 radical (unpaired) electrons. The van der Waals surface area contributed by atoms with Crippen LogP contribution in [0.3, 0.4) is 0 Å². The molecule has 0 aliphatic carbocycles. The number of nitrogens with one attached hydrogen (secondary N) is 1. The molecule has 0 spiro atoms. The van der Waals surface area contributed by atoms with Crippen LogP contribution in [0.25, 0.3) is 0 Å². The Morgan fingerprint density at radius 2 is 1.70 bits per heavy atom. The number of nitrogens with zero attached hydrogens (tertiary/aromatic N) is 2. The van der Waals surface area contributed by atoms with Gasteiger partial charge < -0.3 is 10.1 Å². The third-order valence-electron chi connectivity index (χ3n) is 4.45. The molecule has 1 amide bonds. The first kappa shape index (κ1) is 23.7. The fraction of sp³-hybridized carbons (Fsp3) is 0.409. The standard InChI is InChI=1S/C22H31N3O4S/c1-4-17-29-21-15-9-8-11-19(21)12-10-16-23-22(26)18-25(30(27,28)24(2)3)20-13-6-5-7-14-20/h5-9,11,13-15H,4,10,12,16-18H2,1-3H3,(H,23,26). The van der Waals surface area contributed by atoms with Gasteiger partial charge in [-0.25, -0.2) is 4.31 Å². The minimum atomic E-state index is -3.79. The summed E-state index contributed by atoms with van der Waals surface area (Å²) in [7, 11) is -0.895. The van der Waals surface area contributed by atoms with Gasteiger partial charge in [-0.1, -0.05) is 43.3 Å². The van der Waals surface area contributed by atoms with Gasteiger partial charge in [-0.15, -0.1) is 0 Å². The molecule has 1 N–H and O–H groups in total. The van der Waals surface area contributed by atoms with Crippen LogP contribution in [0.4, 0.5) is 5.69 Å². The highest BCUT2D eigenvalue weighted by molar-refractivity contribution is 7.90. The van der Waals surface area contributed by atoms with Gasteiger partial charge in [0.25, 0.3) is 0 Å². The molecule has 0 atom stereocenters. The van der Waals surface area contributed by atoms with Crippen molar-refractivity contribution in [1.29, 1.82) is 0 Å². The van der Waals surface area contributed by atoms with Crippen molar-refractivity contribution in [3.8, 4) is 5.75 Å². The van der Waals surface area contributed by atoms with Crippen LogP contribution in [-0.4, -0.2) is 52.4 Å². The first-order valence-corrected chi connectivity index (χ1v) is 11.5. The summed E-state index contributed by atoms with van der Waals surface area (Å²) in [5.74, 6) is 0.526. The summed E-state index contributed by atoms with van der Waals surface area (Å²) in [5, 5.41) is 2.82. The normalized spacial score (nSPS) is 11.3. The van der Waals surface area contributed by atoms with E-state index in [-0.39, 0.29) is 12.5 Å². The molecular formula is C22H31N3O4S. The molecule has 8 heteroatoms. The lowest BCUT2D eigenvalue weighted by Gasteiger charge is -2.26. The van der Waals surface area contributed by atoms with Gasteiger partial charge in [-0.05, 0) is 43.0 Å². The lowest BCUT2D eigenvalue weighted by atomic mass is 10.1. The molecule has 0 fully saturated rings. The van der Waals surface area contributed by atoms with Crippen LogP contribution >= 0.6 is 0 Å². The van der Waals surface area contributed by atoms with E-state index >= 15 is 0 Å². The summed E-state index contributed by atoms with van der Waals surface area (Å²) in [5.41, 5.74) is 1.55. The minimum Gasteiger partial charge on any atom is -0.493 e. The van der Waals surface area contributed by atoms with Crippen molar-refractivity contribution in [2.24, 2.45) is 0 Å². The SMILES string of the molecule is CCCOc1ccccc1CCCNC(=O)CN(c1ccccc1)S(=O)(=O)N(C)C. The predicted octanol–water partition coefficient (Wildman–Crippen LogP) is 2.84. The van der Waals surface area contributed by atoms with Gasteiger partial charge in [0, 0.05) is 20.6 Å². The quantitative estimate of drug-likeness (QED) is 0.522. The van der Waals surface area contributed by atoms with Gasteiger partial charge in [0.05, 0.1) is 12.3 Å². The third kappa shape index (κ3) is 6.74. The first-order chi connectivity index (χ1) is 14.4.